The minimum atomic E-state index is -0.821. The van der Waals surface area contributed by atoms with Crippen molar-refractivity contribution in [2.75, 3.05) is 0 Å². The van der Waals surface area contributed by atoms with Gasteiger partial charge < -0.3 is 0 Å². The molecule has 2 aliphatic carbocycles. The molecule has 0 amide bonds. The molecule has 2 heteroatoms. The van der Waals surface area contributed by atoms with Gasteiger partial charge in [0.1, 0.15) is 5.41 Å². The van der Waals surface area contributed by atoms with Gasteiger partial charge in [0.05, 0.1) is 0 Å². The zero-order chi connectivity index (χ0) is 13.0. The molecule has 0 aromatic heterocycles. The predicted molar refractivity (Wildman–Crippen MR) is 69.5 cm³/mol. The average molecular weight is 242 g/mol. The maximum absolute atomic E-state index is 12.8. The summed E-state index contributed by atoms with van der Waals surface area (Å²) in [5.41, 5.74) is 0.847. The van der Waals surface area contributed by atoms with Crippen molar-refractivity contribution in [1.29, 1.82) is 0 Å². The second kappa shape index (κ2) is 3.53. The van der Waals surface area contributed by atoms with Gasteiger partial charge in [-0.1, -0.05) is 38.1 Å². The molecule has 0 saturated heterocycles. The number of Topliss-reactive ketones (excluding diaryl/α,β-unsaturated/α-hetero) is 2. The zero-order valence-electron chi connectivity index (χ0n) is 11.0. The second-order valence-corrected chi connectivity index (χ2v) is 6.23. The first-order chi connectivity index (χ1) is 8.48. The van der Waals surface area contributed by atoms with Gasteiger partial charge in [0, 0.05) is 11.8 Å². The van der Waals surface area contributed by atoms with Crippen molar-refractivity contribution in [1.82, 2.24) is 0 Å². The van der Waals surface area contributed by atoms with E-state index in [1.165, 1.54) is 5.56 Å². The van der Waals surface area contributed by atoms with Crippen LogP contribution in [0, 0.1) is 5.41 Å². The Morgan fingerprint density at radius 3 is 2.50 bits per heavy atom. The number of rotatable bonds is 0. The summed E-state index contributed by atoms with van der Waals surface area (Å²) >= 11 is 0. The molecule has 0 heterocycles. The van der Waals surface area contributed by atoms with Gasteiger partial charge in [-0.3, -0.25) is 9.59 Å². The molecule has 1 aromatic carbocycles. The normalized spacial score (nSPS) is 29.7. The Labute approximate surface area is 107 Å². The van der Waals surface area contributed by atoms with E-state index in [9.17, 15) is 9.59 Å². The first kappa shape index (κ1) is 11.6. The van der Waals surface area contributed by atoms with Crippen LogP contribution >= 0.6 is 0 Å². The maximum atomic E-state index is 12.8. The Bertz CT molecular complexity index is 542. The number of hydrogen-bond donors (Lipinski definition) is 0. The highest BCUT2D eigenvalue weighted by Gasteiger charge is 2.59. The summed E-state index contributed by atoms with van der Waals surface area (Å²) in [7, 11) is 0. The molecule has 1 spiro atoms. The lowest BCUT2D eigenvalue weighted by Gasteiger charge is -2.34. The van der Waals surface area contributed by atoms with Gasteiger partial charge in [-0.2, -0.15) is 0 Å². The summed E-state index contributed by atoms with van der Waals surface area (Å²) in [4.78, 5) is 25.3. The molecule has 94 valence electrons. The molecule has 0 radical (unpaired) electrons. The molecule has 2 nitrogen and oxygen atoms in total. The van der Waals surface area contributed by atoms with E-state index in [0.29, 0.717) is 12.8 Å². The molecule has 3 rings (SSSR count). The number of fused-ring (bicyclic) bond motifs is 2. The summed E-state index contributed by atoms with van der Waals surface area (Å²) in [5, 5.41) is 0. The van der Waals surface area contributed by atoms with Crippen molar-refractivity contribution in [2.45, 2.75) is 44.9 Å². The fourth-order valence-corrected chi connectivity index (χ4v) is 3.70. The number of hydrogen-bond acceptors (Lipinski definition) is 2. The Hall–Kier alpha value is -1.44. The van der Waals surface area contributed by atoms with E-state index in [4.69, 9.17) is 0 Å². The number of ketones is 2. The van der Waals surface area contributed by atoms with Gasteiger partial charge in [0.15, 0.2) is 11.6 Å². The first-order valence-electron chi connectivity index (χ1n) is 6.65. The van der Waals surface area contributed by atoms with Crippen molar-refractivity contribution in [2.24, 2.45) is 5.41 Å². The van der Waals surface area contributed by atoms with Crippen LogP contribution in [0.5, 0.6) is 0 Å². The molecule has 1 fully saturated rings. The number of aryl methyl sites for hydroxylation is 1. The summed E-state index contributed by atoms with van der Waals surface area (Å²) in [6.45, 7) is 3.80. The average Bonchev–Trinajstić information content (AvgIpc) is 2.51. The van der Waals surface area contributed by atoms with Crippen LogP contribution in [0.15, 0.2) is 24.3 Å². The van der Waals surface area contributed by atoms with E-state index in [-0.39, 0.29) is 11.6 Å². The molecular formula is C16H18O2. The van der Waals surface area contributed by atoms with Crippen LogP contribution in [0.4, 0.5) is 0 Å². The van der Waals surface area contributed by atoms with Crippen LogP contribution in [-0.4, -0.2) is 11.6 Å². The van der Waals surface area contributed by atoms with Crippen LogP contribution in [0.2, 0.25) is 0 Å². The van der Waals surface area contributed by atoms with Crippen molar-refractivity contribution in [3.63, 3.8) is 0 Å². The molecule has 18 heavy (non-hydrogen) atoms. The highest BCUT2D eigenvalue weighted by molar-refractivity contribution is 6.20. The van der Waals surface area contributed by atoms with Gasteiger partial charge in [0.2, 0.25) is 0 Å². The molecule has 0 aliphatic heterocycles. The third-order valence-corrected chi connectivity index (χ3v) is 4.56. The van der Waals surface area contributed by atoms with Gasteiger partial charge in [-0.15, -0.1) is 0 Å². The first-order valence-corrected chi connectivity index (χ1v) is 6.65. The number of carbonyl (C=O) groups excluding carboxylic acids is 2. The summed E-state index contributed by atoms with van der Waals surface area (Å²) in [6, 6.07) is 7.97. The smallest absolute Gasteiger partial charge is 0.156 e. The lowest BCUT2D eigenvalue weighted by molar-refractivity contribution is -0.132. The largest absolute Gasteiger partial charge is 0.298 e. The van der Waals surface area contributed by atoms with Crippen LogP contribution < -0.4 is 0 Å². The van der Waals surface area contributed by atoms with Crippen molar-refractivity contribution in [3.05, 3.63) is 35.4 Å². The molecular weight excluding hydrogens is 224 g/mol. The highest BCUT2D eigenvalue weighted by atomic mass is 16.2. The number of benzene rings is 1. The van der Waals surface area contributed by atoms with E-state index >= 15 is 0 Å². The van der Waals surface area contributed by atoms with E-state index < -0.39 is 10.8 Å². The van der Waals surface area contributed by atoms with Crippen LogP contribution in [-0.2, 0) is 21.4 Å². The summed E-state index contributed by atoms with van der Waals surface area (Å²) < 4.78 is 0. The van der Waals surface area contributed by atoms with Crippen LogP contribution in [0.1, 0.15) is 44.2 Å². The van der Waals surface area contributed by atoms with E-state index in [2.05, 4.69) is 6.07 Å². The third-order valence-electron chi connectivity index (χ3n) is 4.56. The Kier molecular flexibility index (Phi) is 2.28. The summed E-state index contributed by atoms with van der Waals surface area (Å²) in [6.07, 6.45) is 3.01. The fraction of sp³-hybridized carbons (Fsp3) is 0.500. The van der Waals surface area contributed by atoms with Crippen molar-refractivity contribution >= 4 is 11.6 Å². The molecule has 1 atom stereocenters. The Morgan fingerprint density at radius 2 is 1.83 bits per heavy atom. The quantitative estimate of drug-likeness (QED) is 0.656. The van der Waals surface area contributed by atoms with Gasteiger partial charge in [-0.05, 0) is 30.4 Å². The van der Waals surface area contributed by atoms with Crippen molar-refractivity contribution < 1.29 is 9.59 Å². The Balaban J connectivity index is 2.24. The second-order valence-electron chi connectivity index (χ2n) is 6.23. The predicted octanol–water partition coefficient (Wildman–Crippen LogP) is 2.83. The number of carbonyl (C=O) groups is 2. The van der Waals surface area contributed by atoms with Gasteiger partial charge >= 0.3 is 0 Å². The fourth-order valence-electron chi connectivity index (χ4n) is 3.70. The molecule has 0 N–H and O–H groups in total. The lowest BCUT2D eigenvalue weighted by atomic mass is 9.66. The van der Waals surface area contributed by atoms with Gasteiger partial charge in [0.25, 0.3) is 0 Å². The van der Waals surface area contributed by atoms with Crippen LogP contribution in [0.25, 0.3) is 0 Å². The van der Waals surface area contributed by atoms with Crippen LogP contribution in [0.3, 0.4) is 0 Å². The molecule has 1 aromatic rings. The topological polar surface area (TPSA) is 34.1 Å². The standard InChI is InChI=1S/C16H18O2/c1-15(2)10-13(17)16(14(15)18)9-5-7-11-6-3-4-8-12(11)16/h3-4,6,8H,5,7,9-10H2,1-2H3. The highest BCUT2D eigenvalue weighted by Crippen LogP contribution is 2.50. The Morgan fingerprint density at radius 1 is 1.11 bits per heavy atom. The molecule has 1 unspecified atom stereocenters. The molecule has 0 bridgehead atoms. The lowest BCUT2D eigenvalue weighted by Crippen LogP contribution is -2.43. The van der Waals surface area contributed by atoms with Crippen molar-refractivity contribution in [3.8, 4) is 0 Å². The van der Waals surface area contributed by atoms with E-state index in [1.54, 1.807) is 0 Å². The summed E-state index contributed by atoms with van der Waals surface area (Å²) in [5.74, 6) is 0.261. The third kappa shape index (κ3) is 1.29. The monoisotopic (exact) mass is 242 g/mol. The molecule has 1 saturated carbocycles. The zero-order valence-corrected chi connectivity index (χ0v) is 11.0. The minimum Gasteiger partial charge on any atom is -0.298 e. The van der Waals surface area contributed by atoms with Gasteiger partial charge in [-0.25, -0.2) is 0 Å². The minimum absolute atomic E-state index is 0.129. The molecule has 2 aliphatic rings. The maximum Gasteiger partial charge on any atom is 0.156 e. The van der Waals surface area contributed by atoms with E-state index in [0.717, 1.165) is 18.4 Å². The SMILES string of the molecule is CC1(C)CC(=O)C2(CCCc3ccccc32)C1=O. The van der Waals surface area contributed by atoms with E-state index in [1.807, 2.05) is 32.0 Å².